The first-order valence-electron chi connectivity index (χ1n) is 11.6. The predicted molar refractivity (Wildman–Crippen MR) is 130 cm³/mol. The smallest absolute Gasteiger partial charge is 0.204 e. The Morgan fingerprint density at radius 2 is 1.94 bits per heavy atom. The Hall–Kier alpha value is -3.21. The molecule has 0 spiro atoms. The molecule has 5 rings (SSSR count). The molecule has 1 aliphatic carbocycles. The highest BCUT2D eigenvalue weighted by atomic mass is 16.5. The second-order valence-corrected chi connectivity index (χ2v) is 10.3. The van der Waals surface area contributed by atoms with Gasteiger partial charge in [-0.25, -0.2) is 0 Å². The van der Waals surface area contributed by atoms with E-state index < -0.39 is 0 Å². The molecular formula is C28H30O5. The topological polar surface area (TPSA) is 79.9 Å². The lowest BCUT2D eigenvalue weighted by molar-refractivity contribution is 0.0122. The van der Waals surface area contributed by atoms with Crippen molar-refractivity contribution in [2.75, 3.05) is 0 Å². The highest BCUT2D eigenvalue weighted by molar-refractivity contribution is 5.97. The largest absolute Gasteiger partial charge is 0.507 e. The molecule has 2 atom stereocenters. The predicted octanol–water partition coefficient (Wildman–Crippen LogP) is 6.48. The van der Waals surface area contributed by atoms with Crippen molar-refractivity contribution in [3.05, 3.63) is 62.8 Å². The number of phenolic OH excluding ortho intramolecular Hbond substituents is 2. The van der Waals surface area contributed by atoms with Crippen LogP contribution in [0.1, 0.15) is 64.5 Å². The first-order chi connectivity index (χ1) is 15.6. The highest BCUT2D eigenvalue weighted by Gasteiger charge is 2.45. The summed E-state index contributed by atoms with van der Waals surface area (Å²) in [5.74, 6) is 0.644. The Morgan fingerprint density at radius 3 is 2.67 bits per heavy atom. The molecule has 0 radical (unpaired) electrons. The first kappa shape index (κ1) is 21.6. The molecule has 2 N–H and O–H groups in total. The van der Waals surface area contributed by atoms with Gasteiger partial charge in [-0.15, -0.1) is 0 Å². The van der Waals surface area contributed by atoms with Crippen LogP contribution in [0.25, 0.3) is 21.9 Å². The minimum Gasteiger partial charge on any atom is -0.507 e. The molecule has 0 bridgehead atoms. The molecule has 172 valence electrons. The van der Waals surface area contributed by atoms with Crippen molar-refractivity contribution < 1.29 is 19.4 Å². The Labute approximate surface area is 193 Å². The van der Waals surface area contributed by atoms with Crippen LogP contribution in [0.3, 0.4) is 0 Å². The van der Waals surface area contributed by atoms with Crippen molar-refractivity contribution >= 4 is 21.9 Å². The van der Waals surface area contributed by atoms with Crippen molar-refractivity contribution in [1.29, 1.82) is 0 Å². The van der Waals surface area contributed by atoms with Gasteiger partial charge in [-0.3, -0.25) is 4.79 Å². The van der Waals surface area contributed by atoms with E-state index in [0.29, 0.717) is 28.7 Å². The van der Waals surface area contributed by atoms with Crippen molar-refractivity contribution in [2.24, 2.45) is 5.92 Å². The van der Waals surface area contributed by atoms with E-state index >= 15 is 0 Å². The van der Waals surface area contributed by atoms with Gasteiger partial charge in [0.15, 0.2) is 0 Å². The van der Waals surface area contributed by atoms with Gasteiger partial charge in [0, 0.05) is 29.0 Å². The quantitative estimate of drug-likeness (QED) is 0.348. The fraction of sp³-hybridized carbons (Fsp3) is 0.393. The standard InChI is InChI=1S/C28H30O5/c1-14(2)6-8-16-19(29)13-22-25(26(16)30)27(31)24-20(32-22)10-11-21-23(24)17-12-15(3)7-9-18(17)28(4,5)33-21/h6,10-13,17-18,29-30H,7-9H2,1-5H3/t17-,18+/m0/s1. The zero-order chi connectivity index (χ0) is 23.7. The lowest BCUT2D eigenvalue weighted by Gasteiger charge is -2.46. The molecule has 0 unspecified atom stereocenters. The summed E-state index contributed by atoms with van der Waals surface area (Å²) in [4.78, 5) is 13.9. The summed E-state index contributed by atoms with van der Waals surface area (Å²) in [6.07, 6.45) is 6.49. The van der Waals surface area contributed by atoms with Crippen LogP contribution in [0.2, 0.25) is 0 Å². The van der Waals surface area contributed by atoms with Gasteiger partial charge in [-0.2, -0.15) is 0 Å². The summed E-state index contributed by atoms with van der Waals surface area (Å²) in [6, 6.07) is 5.04. The monoisotopic (exact) mass is 446 g/mol. The molecule has 0 amide bonds. The van der Waals surface area contributed by atoms with Gasteiger partial charge in [0.2, 0.25) is 5.43 Å². The normalized spacial score (nSPS) is 21.2. The van der Waals surface area contributed by atoms with Crippen LogP contribution in [0, 0.1) is 5.92 Å². The number of allylic oxidation sites excluding steroid dienone is 4. The van der Waals surface area contributed by atoms with Crippen molar-refractivity contribution in [1.82, 2.24) is 0 Å². The van der Waals surface area contributed by atoms with Gasteiger partial charge in [-0.05, 0) is 66.0 Å². The third-order valence-corrected chi connectivity index (χ3v) is 7.25. The van der Waals surface area contributed by atoms with E-state index in [9.17, 15) is 15.0 Å². The van der Waals surface area contributed by atoms with Gasteiger partial charge in [-0.1, -0.05) is 23.3 Å². The minimum atomic E-state index is -0.356. The Bertz CT molecular complexity index is 1420. The second kappa shape index (κ2) is 7.41. The lowest BCUT2D eigenvalue weighted by Crippen LogP contribution is -2.45. The van der Waals surface area contributed by atoms with Crippen molar-refractivity contribution in [3.8, 4) is 17.2 Å². The summed E-state index contributed by atoms with van der Waals surface area (Å²) in [5.41, 5.74) is 3.47. The average Bonchev–Trinajstić information content (AvgIpc) is 2.72. The molecule has 33 heavy (non-hydrogen) atoms. The summed E-state index contributed by atoms with van der Waals surface area (Å²) >= 11 is 0. The highest BCUT2D eigenvalue weighted by Crippen LogP contribution is 2.52. The number of benzene rings is 2. The van der Waals surface area contributed by atoms with E-state index in [1.807, 2.05) is 26.0 Å². The molecule has 0 saturated carbocycles. The van der Waals surface area contributed by atoms with E-state index in [0.717, 1.165) is 24.0 Å². The molecule has 2 aromatic carbocycles. The van der Waals surface area contributed by atoms with Crippen LogP contribution in [0.5, 0.6) is 17.2 Å². The van der Waals surface area contributed by atoms with Crippen molar-refractivity contribution in [3.63, 3.8) is 0 Å². The maximum absolute atomic E-state index is 13.9. The van der Waals surface area contributed by atoms with Crippen LogP contribution in [0.15, 0.2) is 50.7 Å². The fourth-order valence-electron chi connectivity index (χ4n) is 5.54. The number of ether oxygens (including phenoxy) is 1. The first-order valence-corrected chi connectivity index (χ1v) is 11.6. The Morgan fingerprint density at radius 1 is 1.18 bits per heavy atom. The molecule has 0 saturated heterocycles. The number of hydrogen-bond donors (Lipinski definition) is 2. The lowest BCUT2D eigenvalue weighted by atomic mass is 9.67. The number of rotatable bonds is 2. The van der Waals surface area contributed by atoms with E-state index in [1.165, 1.54) is 11.6 Å². The average molecular weight is 447 g/mol. The van der Waals surface area contributed by atoms with Crippen LogP contribution < -0.4 is 10.2 Å². The van der Waals surface area contributed by atoms with E-state index in [1.54, 1.807) is 6.07 Å². The van der Waals surface area contributed by atoms with E-state index in [-0.39, 0.29) is 45.3 Å². The summed E-state index contributed by atoms with van der Waals surface area (Å²) in [7, 11) is 0. The number of fused-ring (bicyclic) bond motifs is 6. The number of aromatic hydroxyl groups is 2. The number of phenols is 2. The zero-order valence-electron chi connectivity index (χ0n) is 19.8. The van der Waals surface area contributed by atoms with E-state index in [4.69, 9.17) is 9.15 Å². The van der Waals surface area contributed by atoms with Gasteiger partial charge >= 0.3 is 0 Å². The fourth-order valence-corrected chi connectivity index (χ4v) is 5.54. The zero-order valence-corrected chi connectivity index (χ0v) is 19.8. The SMILES string of the molecule is CC(C)=CCc1c(O)cc2oc3ccc4c(c3c(=O)c2c1O)[C@H]1C=C(C)CC[C@H]1C(C)(C)O4. The van der Waals surface area contributed by atoms with E-state index in [2.05, 4.69) is 26.8 Å². The van der Waals surface area contributed by atoms with Crippen molar-refractivity contribution in [2.45, 2.75) is 65.4 Å². The molecule has 5 heteroatoms. The molecule has 2 aliphatic rings. The summed E-state index contributed by atoms with van der Waals surface area (Å²) in [6.45, 7) is 10.2. The third kappa shape index (κ3) is 3.33. The molecule has 3 aromatic rings. The summed E-state index contributed by atoms with van der Waals surface area (Å²) < 4.78 is 12.5. The maximum Gasteiger partial charge on any atom is 0.204 e. The van der Waals surface area contributed by atoms with Gasteiger partial charge in [0.25, 0.3) is 0 Å². The van der Waals surface area contributed by atoms with Gasteiger partial charge < -0.3 is 19.4 Å². The van der Waals surface area contributed by atoms with Crippen LogP contribution in [-0.4, -0.2) is 15.8 Å². The molecule has 1 aromatic heterocycles. The molecule has 0 fully saturated rings. The minimum absolute atomic E-state index is 0.0333. The molecule has 2 heterocycles. The van der Waals surface area contributed by atoms with Crippen LogP contribution >= 0.6 is 0 Å². The summed E-state index contributed by atoms with van der Waals surface area (Å²) in [5, 5.41) is 22.1. The third-order valence-electron chi connectivity index (χ3n) is 7.25. The van der Waals surface area contributed by atoms with Crippen LogP contribution in [-0.2, 0) is 6.42 Å². The van der Waals surface area contributed by atoms with Gasteiger partial charge in [0.05, 0.1) is 5.39 Å². The van der Waals surface area contributed by atoms with Crippen LogP contribution in [0.4, 0.5) is 0 Å². The molecule has 5 nitrogen and oxygen atoms in total. The molecular weight excluding hydrogens is 416 g/mol. The molecule has 1 aliphatic heterocycles. The second-order valence-electron chi connectivity index (χ2n) is 10.3. The number of hydrogen-bond acceptors (Lipinski definition) is 5. The Kier molecular flexibility index (Phi) is 4.85. The Balaban J connectivity index is 1.85. The maximum atomic E-state index is 13.9. The van der Waals surface area contributed by atoms with Gasteiger partial charge in [0.1, 0.15) is 39.4 Å².